The fourth-order valence-corrected chi connectivity index (χ4v) is 1.75. The summed E-state index contributed by atoms with van der Waals surface area (Å²) >= 11 is 0. The Morgan fingerprint density at radius 2 is 1.93 bits per heavy atom. The van der Waals surface area contributed by atoms with Crippen molar-refractivity contribution in [3.8, 4) is 0 Å². The summed E-state index contributed by atoms with van der Waals surface area (Å²) in [6, 6.07) is 0.686. The monoisotopic (exact) mass is 215 g/mol. The number of unbranched alkanes of at least 4 members (excludes halogenated alkanes) is 1. The molecule has 3 nitrogen and oxygen atoms in total. The minimum Gasteiger partial charge on any atom is -0.381 e. The van der Waals surface area contributed by atoms with Gasteiger partial charge in [-0.3, -0.25) is 0 Å². The molecule has 0 atom stereocenters. The van der Waals surface area contributed by atoms with Crippen molar-refractivity contribution in [2.45, 2.75) is 51.2 Å². The molecular weight excluding hydrogens is 190 g/mol. The van der Waals surface area contributed by atoms with Gasteiger partial charge in [0.15, 0.2) is 0 Å². The molecule has 0 bridgehead atoms. The molecule has 0 radical (unpaired) electrons. The first kappa shape index (κ1) is 12.9. The van der Waals surface area contributed by atoms with Crippen molar-refractivity contribution in [1.82, 2.24) is 5.32 Å². The van der Waals surface area contributed by atoms with Gasteiger partial charge in [0.25, 0.3) is 0 Å². The molecule has 0 heterocycles. The van der Waals surface area contributed by atoms with Gasteiger partial charge in [0.05, 0.1) is 6.10 Å². The van der Waals surface area contributed by atoms with Crippen LogP contribution < -0.4 is 5.32 Å². The normalized spacial score (nSPS) is 25.2. The van der Waals surface area contributed by atoms with Crippen molar-refractivity contribution >= 4 is 0 Å². The van der Waals surface area contributed by atoms with Crippen molar-refractivity contribution in [2.24, 2.45) is 0 Å². The summed E-state index contributed by atoms with van der Waals surface area (Å²) < 4.78 is 10.7. The number of hydrogen-bond donors (Lipinski definition) is 1. The number of nitrogens with one attached hydrogen (secondary N) is 1. The van der Waals surface area contributed by atoms with Crippen LogP contribution >= 0.6 is 0 Å². The summed E-state index contributed by atoms with van der Waals surface area (Å²) in [5, 5.41) is 3.51. The highest BCUT2D eigenvalue weighted by atomic mass is 16.5. The van der Waals surface area contributed by atoms with Crippen LogP contribution in [0.3, 0.4) is 0 Å². The van der Waals surface area contributed by atoms with Crippen LogP contribution in [0.25, 0.3) is 0 Å². The third kappa shape index (κ3) is 5.50. The lowest BCUT2D eigenvalue weighted by Crippen LogP contribution is -2.45. The van der Waals surface area contributed by atoms with Gasteiger partial charge in [-0.15, -0.1) is 0 Å². The molecule has 1 fully saturated rings. The molecule has 1 rings (SSSR count). The zero-order valence-corrected chi connectivity index (χ0v) is 10.1. The van der Waals surface area contributed by atoms with Crippen LogP contribution in [0.1, 0.15) is 39.0 Å². The second-order valence-electron chi connectivity index (χ2n) is 4.30. The maximum absolute atomic E-state index is 5.49. The Morgan fingerprint density at radius 1 is 1.20 bits per heavy atom. The van der Waals surface area contributed by atoms with Gasteiger partial charge < -0.3 is 14.8 Å². The van der Waals surface area contributed by atoms with Crippen LogP contribution in [0.2, 0.25) is 0 Å². The van der Waals surface area contributed by atoms with Crippen molar-refractivity contribution in [1.29, 1.82) is 0 Å². The molecule has 15 heavy (non-hydrogen) atoms. The summed E-state index contributed by atoms with van der Waals surface area (Å²) in [5.74, 6) is 0. The molecule has 1 aliphatic rings. The van der Waals surface area contributed by atoms with Crippen LogP contribution in [-0.4, -0.2) is 39.0 Å². The van der Waals surface area contributed by atoms with E-state index in [0.717, 1.165) is 26.2 Å². The minimum atomic E-state index is 0.503. The quantitative estimate of drug-likeness (QED) is 0.596. The molecular formula is C12H25NO2. The third-order valence-corrected chi connectivity index (χ3v) is 2.97. The van der Waals surface area contributed by atoms with E-state index in [-0.39, 0.29) is 0 Å². The predicted octanol–water partition coefficient (Wildman–Crippen LogP) is 1.96. The third-order valence-electron chi connectivity index (χ3n) is 2.97. The molecule has 1 saturated carbocycles. The summed E-state index contributed by atoms with van der Waals surface area (Å²) in [6.45, 7) is 5.08. The van der Waals surface area contributed by atoms with Gasteiger partial charge in [-0.05, 0) is 32.2 Å². The second-order valence-corrected chi connectivity index (χ2v) is 4.30. The topological polar surface area (TPSA) is 30.5 Å². The first-order valence-corrected chi connectivity index (χ1v) is 6.20. The van der Waals surface area contributed by atoms with Gasteiger partial charge in [-0.2, -0.15) is 0 Å². The van der Waals surface area contributed by atoms with Crippen LogP contribution in [0, 0.1) is 0 Å². The van der Waals surface area contributed by atoms with Gasteiger partial charge in [0.1, 0.15) is 0 Å². The van der Waals surface area contributed by atoms with E-state index in [4.69, 9.17) is 9.47 Å². The average Bonchev–Trinajstić information content (AvgIpc) is 2.19. The Hall–Kier alpha value is -0.120. The molecule has 0 aromatic carbocycles. The zero-order chi connectivity index (χ0) is 10.9. The van der Waals surface area contributed by atoms with E-state index in [2.05, 4.69) is 12.2 Å². The summed E-state index contributed by atoms with van der Waals surface area (Å²) in [4.78, 5) is 0. The SMILES string of the molecule is CCCCOCCCNC1CC(OC)C1. The van der Waals surface area contributed by atoms with Crippen molar-refractivity contribution < 1.29 is 9.47 Å². The van der Waals surface area contributed by atoms with Crippen LogP contribution in [-0.2, 0) is 9.47 Å². The fourth-order valence-electron chi connectivity index (χ4n) is 1.75. The number of rotatable bonds is 9. The zero-order valence-electron chi connectivity index (χ0n) is 10.1. The first-order chi connectivity index (χ1) is 7.36. The Bertz CT molecular complexity index is 147. The highest BCUT2D eigenvalue weighted by Crippen LogP contribution is 2.22. The number of ether oxygens (including phenoxy) is 2. The van der Waals surface area contributed by atoms with Crippen molar-refractivity contribution in [2.75, 3.05) is 26.9 Å². The fraction of sp³-hybridized carbons (Fsp3) is 1.00. The Kier molecular flexibility index (Phi) is 6.98. The molecule has 1 N–H and O–H groups in total. The Labute approximate surface area is 93.5 Å². The summed E-state index contributed by atoms with van der Waals surface area (Å²) in [7, 11) is 1.79. The molecule has 90 valence electrons. The smallest absolute Gasteiger partial charge is 0.0601 e. The van der Waals surface area contributed by atoms with Crippen LogP contribution in [0.4, 0.5) is 0 Å². The lowest BCUT2D eigenvalue weighted by atomic mass is 9.89. The molecule has 0 unspecified atom stereocenters. The minimum absolute atomic E-state index is 0.503. The first-order valence-electron chi connectivity index (χ1n) is 6.20. The molecule has 3 heteroatoms. The van der Waals surface area contributed by atoms with E-state index in [1.54, 1.807) is 7.11 Å². The van der Waals surface area contributed by atoms with Crippen molar-refractivity contribution in [3.05, 3.63) is 0 Å². The van der Waals surface area contributed by atoms with Crippen LogP contribution in [0.15, 0.2) is 0 Å². The van der Waals surface area contributed by atoms with E-state index in [9.17, 15) is 0 Å². The lowest BCUT2D eigenvalue weighted by molar-refractivity contribution is 0.0168. The van der Waals surface area contributed by atoms with Gasteiger partial charge >= 0.3 is 0 Å². The highest BCUT2D eigenvalue weighted by Gasteiger charge is 2.27. The van der Waals surface area contributed by atoms with E-state index in [1.807, 2.05) is 0 Å². The summed E-state index contributed by atoms with van der Waals surface area (Å²) in [5.41, 5.74) is 0. The van der Waals surface area contributed by atoms with Crippen LogP contribution in [0.5, 0.6) is 0 Å². The molecule has 0 aromatic rings. The van der Waals surface area contributed by atoms with Gasteiger partial charge in [-0.1, -0.05) is 13.3 Å². The largest absolute Gasteiger partial charge is 0.381 e. The van der Waals surface area contributed by atoms with E-state index < -0.39 is 0 Å². The number of hydrogen-bond acceptors (Lipinski definition) is 3. The highest BCUT2D eigenvalue weighted by molar-refractivity contribution is 4.85. The lowest BCUT2D eigenvalue weighted by Gasteiger charge is -2.34. The second kappa shape index (κ2) is 8.08. The molecule has 0 saturated heterocycles. The maximum Gasteiger partial charge on any atom is 0.0601 e. The van der Waals surface area contributed by atoms with Gasteiger partial charge in [0, 0.05) is 26.4 Å². The predicted molar refractivity (Wildman–Crippen MR) is 62.2 cm³/mol. The molecule has 0 amide bonds. The Balaban J connectivity index is 1.74. The standard InChI is InChI=1S/C12H25NO2/c1-3-4-7-15-8-5-6-13-11-9-12(10-11)14-2/h11-13H,3-10H2,1-2H3. The van der Waals surface area contributed by atoms with Crippen molar-refractivity contribution in [3.63, 3.8) is 0 Å². The van der Waals surface area contributed by atoms with E-state index in [1.165, 1.54) is 25.7 Å². The average molecular weight is 215 g/mol. The maximum atomic E-state index is 5.49. The number of methoxy groups -OCH3 is 1. The molecule has 0 aromatic heterocycles. The van der Waals surface area contributed by atoms with E-state index in [0.29, 0.717) is 12.1 Å². The van der Waals surface area contributed by atoms with Gasteiger partial charge in [-0.25, -0.2) is 0 Å². The van der Waals surface area contributed by atoms with E-state index >= 15 is 0 Å². The molecule has 0 aliphatic heterocycles. The van der Waals surface area contributed by atoms with Gasteiger partial charge in [0.2, 0.25) is 0 Å². The molecule has 1 aliphatic carbocycles. The Morgan fingerprint density at radius 3 is 2.60 bits per heavy atom. The summed E-state index contributed by atoms with van der Waals surface area (Å²) in [6.07, 6.45) is 6.38. The molecule has 0 spiro atoms.